The first-order valence-corrected chi connectivity index (χ1v) is 8.84. The van der Waals surface area contributed by atoms with Gasteiger partial charge in [-0.3, -0.25) is 4.79 Å². The maximum absolute atomic E-state index is 13.7. The van der Waals surface area contributed by atoms with Crippen LogP contribution in [0.2, 0.25) is 0 Å². The molecule has 2 N–H and O–H groups in total. The third-order valence-corrected chi connectivity index (χ3v) is 4.32. The summed E-state index contributed by atoms with van der Waals surface area (Å²) in [6, 6.07) is 9.74. The minimum Gasteiger partial charge on any atom is -0.494 e. The van der Waals surface area contributed by atoms with Crippen molar-refractivity contribution in [3.05, 3.63) is 53.3 Å². The van der Waals surface area contributed by atoms with Crippen LogP contribution in [0.25, 0.3) is 0 Å². The maximum atomic E-state index is 13.7. The van der Waals surface area contributed by atoms with Crippen LogP contribution in [0.15, 0.2) is 36.4 Å². The van der Waals surface area contributed by atoms with Gasteiger partial charge in [-0.05, 0) is 54.8 Å². The molecule has 0 unspecified atom stereocenters. The van der Waals surface area contributed by atoms with E-state index in [0.717, 1.165) is 17.7 Å². The summed E-state index contributed by atoms with van der Waals surface area (Å²) in [4.78, 5) is 25.5. The van der Waals surface area contributed by atoms with Gasteiger partial charge < -0.3 is 20.3 Å². The van der Waals surface area contributed by atoms with Crippen molar-refractivity contribution in [2.75, 3.05) is 23.8 Å². The number of fused-ring (bicyclic) bond motifs is 1. The van der Waals surface area contributed by atoms with Crippen molar-refractivity contribution in [2.45, 2.75) is 26.8 Å². The SMILES string of the molecule is CCOc1ccc2c(c1)CN(C(=O)Nc1ccc(F)c(NC(C)=O)c1)CC2. The van der Waals surface area contributed by atoms with Crippen molar-refractivity contribution in [3.63, 3.8) is 0 Å². The summed E-state index contributed by atoms with van der Waals surface area (Å²) in [5.74, 6) is -0.148. The molecule has 7 heteroatoms. The highest BCUT2D eigenvalue weighted by atomic mass is 19.1. The fraction of sp³-hybridized carbons (Fsp3) is 0.300. The number of nitrogens with zero attached hydrogens (tertiary/aromatic N) is 1. The molecule has 1 aliphatic heterocycles. The van der Waals surface area contributed by atoms with Crippen LogP contribution in [0.4, 0.5) is 20.6 Å². The Balaban J connectivity index is 1.70. The van der Waals surface area contributed by atoms with Gasteiger partial charge in [-0.25, -0.2) is 9.18 Å². The van der Waals surface area contributed by atoms with Gasteiger partial charge in [0.05, 0.1) is 12.3 Å². The molecule has 0 radical (unpaired) electrons. The molecule has 0 saturated carbocycles. The third kappa shape index (κ3) is 4.55. The number of benzene rings is 2. The van der Waals surface area contributed by atoms with Crippen LogP contribution >= 0.6 is 0 Å². The van der Waals surface area contributed by atoms with Crippen molar-refractivity contribution >= 4 is 23.3 Å². The number of anilines is 2. The number of carbonyl (C=O) groups excluding carboxylic acids is 2. The number of hydrogen-bond donors (Lipinski definition) is 2. The zero-order valence-corrected chi connectivity index (χ0v) is 15.3. The minimum absolute atomic E-state index is 0.0330. The number of urea groups is 1. The lowest BCUT2D eigenvalue weighted by Crippen LogP contribution is -2.38. The van der Waals surface area contributed by atoms with E-state index in [2.05, 4.69) is 10.6 Å². The summed E-state index contributed by atoms with van der Waals surface area (Å²) < 4.78 is 19.3. The first kappa shape index (κ1) is 18.7. The van der Waals surface area contributed by atoms with Gasteiger partial charge in [-0.1, -0.05) is 6.07 Å². The highest BCUT2D eigenvalue weighted by Crippen LogP contribution is 2.25. The Kier molecular flexibility index (Phi) is 5.59. The van der Waals surface area contributed by atoms with Crippen molar-refractivity contribution in [3.8, 4) is 5.75 Å². The Morgan fingerprint density at radius 3 is 2.70 bits per heavy atom. The maximum Gasteiger partial charge on any atom is 0.322 e. The summed E-state index contributed by atoms with van der Waals surface area (Å²) in [6.45, 7) is 4.88. The second kappa shape index (κ2) is 8.07. The van der Waals surface area contributed by atoms with Crippen LogP contribution in [-0.2, 0) is 17.8 Å². The van der Waals surface area contributed by atoms with Crippen LogP contribution in [0.5, 0.6) is 5.75 Å². The molecule has 3 amide bonds. The number of nitrogens with one attached hydrogen (secondary N) is 2. The molecule has 0 fully saturated rings. The second-order valence-electron chi connectivity index (χ2n) is 6.34. The van der Waals surface area contributed by atoms with E-state index in [-0.39, 0.29) is 17.6 Å². The van der Waals surface area contributed by atoms with E-state index in [9.17, 15) is 14.0 Å². The monoisotopic (exact) mass is 371 g/mol. The molecule has 27 heavy (non-hydrogen) atoms. The van der Waals surface area contributed by atoms with Crippen LogP contribution < -0.4 is 15.4 Å². The fourth-order valence-corrected chi connectivity index (χ4v) is 3.05. The van der Waals surface area contributed by atoms with E-state index >= 15 is 0 Å². The Bertz CT molecular complexity index is 870. The molecule has 0 aromatic heterocycles. The second-order valence-corrected chi connectivity index (χ2v) is 6.34. The van der Waals surface area contributed by atoms with Crippen molar-refractivity contribution in [2.24, 2.45) is 0 Å². The number of hydrogen-bond acceptors (Lipinski definition) is 3. The molecule has 0 atom stereocenters. The summed E-state index contributed by atoms with van der Waals surface area (Å²) in [5, 5.41) is 5.17. The molecular weight excluding hydrogens is 349 g/mol. The zero-order valence-electron chi connectivity index (χ0n) is 15.3. The van der Waals surface area contributed by atoms with Crippen molar-refractivity contribution in [1.29, 1.82) is 0 Å². The molecule has 2 aromatic rings. The quantitative estimate of drug-likeness (QED) is 0.859. The van der Waals surface area contributed by atoms with Crippen LogP contribution in [0.1, 0.15) is 25.0 Å². The number of halogens is 1. The number of amides is 3. The number of ether oxygens (including phenoxy) is 1. The lowest BCUT2D eigenvalue weighted by Gasteiger charge is -2.29. The fourth-order valence-electron chi connectivity index (χ4n) is 3.05. The number of carbonyl (C=O) groups is 2. The molecule has 1 heterocycles. The van der Waals surface area contributed by atoms with Crippen molar-refractivity contribution in [1.82, 2.24) is 4.90 Å². The average molecular weight is 371 g/mol. The molecule has 1 aliphatic rings. The van der Waals surface area contributed by atoms with Gasteiger partial charge in [0.25, 0.3) is 0 Å². The topological polar surface area (TPSA) is 70.7 Å². The molecule has 0 saturated heterocycles. The molecule has 0 aliphatic carbocycles. The van der Waals surface area contributed by atoms with E-state index in [1.165, 1.54) is 30.7 Å². The highest BCUT2D eigenvalue weighted by Gasteiger charge is 2.21. The lowest BCUT2D eigenvalue weighted by atomic mass is 10.00. The van der Waals surface area contributed by atoms with Crippen molar-refractivity contribution < 1.29 is 18.7 Å². The minimum atomic E-state index is -0.557. The van der Waals surface area contributed by atoms with E-state index in [4.69, 9.17) is 4.74 Å². The molecule has 0 bridgehead atoms. The largest absolute Gasteiger partial charge is 0.494 e. The van der Waals surface area contributed by atoms with Gasteiger partial charge in [0, 0.05) is 25.7 Å². The smallest absolute Gasteiger partial charge is 0.322 e. The van der Waals surface area contributed by atoms with Crippen LogP contribution in [0, 0.1) is 5.82 Å². The van der Waals surface area contributed by atoms with E-state index in [1.54, 1.807) is 4.90 Å². The van der Waals surface area contributed by atoms with Gasteiger partial charge in [0.2, 0.25) is 5.91 Å². The Hall–Kier alpha value is -3.09. The molecule has 6 nitrogen and oxygen atoms in total. The van der Waals surface area contributed by atoms with E-state index < -0.39 is 5.82 Å². The van der Waals surface area contributed by atoms with Crippen LogP contribution in [-0.4, -0.2) is 30.0 Å². The van der Waals surface area contributed by atoms with Gasteiger partial charge >= 0.3 is 6.03 Å². The summed E-state index contributed by atoms with van der Waals surface area (Å²) in [6.07, 6.45) is 0.760. The van der Waals surface area contributed by atoms with Crippen LogP contribution in [0.3, 0.4) is 0 Å². The zero-order chi connectivity index (χ0) is 19.4. The average Bonchev–Trinajstić information content (AvgIpc) is 2.63. The standard InChI is InChI=1S/C20H22FN3O3/c1-3-27-17-6-4-14-8-9-24(12-15(14)10-17)20(26)23-16-5-7-18(21)19(11-16)22-13(2)25/h4-7,10-11H,3,8-9,12H2,1-2H3,(H,22,25)(H,23,26). The molecular formula is C20H22FN3O3. The Morgan fingerprint density at radius 1 is 1.15 bits per heavy atom. The Morgan fingerprint density at radius 2 is 1.96 bits per heavy atom. The van der Waals surface area contributed by atoms with Gasteiger partial charge in [-0.2, -0.15) is 0 Å². The van der Waals surface area contributed by atoms with E-state index in [1.807, 2.05) is 25.1 Å². The van der Waals surface area contributed by atoms with Gasteiger partial charge in [-0.15, -0.1) is 0 Å². The number of rotatable bonds is 4. The Labute approximate surface area is 157 Å². The first-order valence-electron chi connectivity index (χ1n) is 8.84. The third-order valence-electron chi connectivity index (χ3n) is 4.32. The van der Waals surface area contributed by atoms with Gasteiger partial charge in [0.1, 0.15) is 11.6 Å². The molecule has 142 valence electrons. The van der Waals surface area contributed by atoms with E-state index in [0.29, 0.717) is 25.4 Å². The lowest BCUT2D eigenvalue weighted by molar-refractivity contribution is -0.114. The summed E-state index contributed by atoms with van der Waals surface area (Å²) in [7, 11) is 0. The predicted molar refractivity (Wildman–Crippen MR) is 101 cm³/mol. The summed E-state index contributed by atoms with van der Waals surface area (Å²) in [5.41, 5.74) is 2.71. The molecule has 3 rings (SSSR count). The molecule has 2 aromatic carbocycles. The normalized spacial score (nSPS) is 12.9. The first-order chi connectivity index (χ1) is 13.0. The highest BCUT2D eigenvalue weighted by molar-refractivity contribution is 5.92. The predicted octanol–water partition coefficient (Wildman–Crippen LogP) is 3.77. The molecule has 0 spiro atoms. The van der Waals surface area contributed by atoms with Gasteiger partial charge in [0.15, 0.2) is 0 Å². The summed E-state index contributed by atoms with van der Waals surface area (Å²) >= 11 is 0.